The average molecular weight is 216 g/mol. The van der Waals surface area contributed by atoms with Crippen LogP contribution in [-0.4, -0.2) is 11.7 Å². The third-order valence-corrected chi connectivity index (χ3v) is 2.74. The van der Waals surface area contributed by atoms with Crippen molar-refractivity contribution < 1.29 is 4.74 Å². The van der Waals surface area contributed by atoms with E-state index in [4.69, 9.17) is 10.5 Å². The number of aryl methyl sites for hydroxylation is 1. The van der Waals surface area contributed by atoms with Gasteiger partial charge in [-0.3, -0.25) is 0 Å². The van der Waals surface area contributed by atoms with Gasteiger partial charge in [-0.25, -0.2) is 0 Å². The van der Waals surface area contributed by atoms with Crippen molar-refractivity contribution in [2.75, 3.05) is 7.11 Å². The highest BCUT2D eigenvalue weighted by atomic mass is 16.5. The molecule has 1 heterocycles. The second kappa shape index (κ2) is 4.41. The molecule has 0 radical (unpaired) electrons. The standard InChI is InChI=1S/C13H16N2O/c1-15-8-7-11(9-14)13(15)10-3-5-12(16-2)6-4-10/h3-8H,9,14H2,1-2H3. The summed E-state index contributed by atoms with van der Waals surface area (Å²) >= 11 is 0. The zero-order chi connectivity index (χ0) is 11.5. The summed E-state index contributed by atoms with van der Waals surface area (Å²) < 4.78 is 7.23. The molecule has 0 aliphatic carbocycles. The van der Waals surface area contributed by atoms with E-state index in [-0.39, 0.29) is 0 Å². The molecule has 2 aromatic rings. The molecule has 84 valence electrons. The number of rotatable bonds is 3. The van der Waals surface area contributed by atoms with Crippen LogP contribution < -0.4 is 10.5 Å². The number of nitrogens with zero attached hydrogens (tertiary/aromatic N) is 1. The van der Waals surface area contributed by atoms with Crippen molar-refractivity contribution in [2.24, 2.45) is 12.8 Å². The first-order chi connectivity index (χ1) is 7.76. The van der Waals surface area contributed by atoms with Crippen molar-refractivity contribution in [2.45, 2.75) is 6.54 Å². The van der Waals surface area contributed by atoms with Crippen molar-refractivity contribution in [1.82, 2.24) is 4.57 Å². The molecular formula is C13H16N2O. The van der Waals surface area contributed by atoms with Crippen molar-refractivity contribution in [3.63, 3.8) is 0 Å². The second-order valence-corrected chi connectivity index (χ2v) is 3.73. The lowest BCUT2D eigenvalue weighted by Crippen LogP contribution is -1.99. The van der Waals surface area contributed by atoms with E-state index in [0.29, 0.717) is 6.54 Å². The van der Waals surface area contributed by atoms with E-state index in [1.165, 1.54) is 5.69 Å². The summed E-state index contributed by atoms with van der Waals surface area (Å²) in [7, 11) is 3.70. The first-order valence-corrected chi connectivity index (χ1v) is 5.25. The zero-order valence-corrected chi connectivity index (χ0v) is 9.60. The van der Waals surface area contributed by atoms with Crippen LogP contribution in [0, 0.1) is 0 Å². The Morgan fingerprint density at radius 1 is 1.19 bits per heavy atom. The summed E-state index contributed by atoms with van der Waals surface area (Å²) in [6.07, 6.45) is 2.03. The van der Waals surface area contributed by atoms with E-state index in [2.05, 4.69) is 10.6 Å². The fourth-order valence-corrected chi connectivity index (χ4v) is 1.88. The predicted molar refractivity (Wildman–Crippen MR) is 65.3 cm³/mol. The maximum absolute atomic E-state index is 5.72. The van der Waals surface area contributed by atoms with Gasteiger partial charge in [0.05, 0.1) is 12.8 Å². The van der Waals surface area contributed by atoms with E-state index >= 15 is 0 Å². The monoisotopic (exact) mass is 216 g/mol. The lowest BCUT2D eigenvalue weighted by atomic mass is 10.1. The Morgan fingerprint density at radius 2 is 1.88 bits per heavy atom. The number of nitrogens with two attached hydrogens (primary N) is 1. The maximum atomic E-state index is 5.72. The lowest BCUT2D eigenvalue weighted by Gasteiger charge is -2.07. The van der Waals surface area contributed by atoms with Crippen molar-refractivity contribution in [3.05, 3.63) is 42.1 Å². The minimum Gasteiger partial charge on any atom is -0.497 e. The van der Waals surface area contributed by atoms with Gasteiger partial charge < -0.3 is 15.0 Å². The van der Waals surface area contributed by atoms with Gasteiger partial charge in [-0.2, -0.15) is 0 Å². The second-order valence-electron chi connectivity index (χ2n) is 3.73. The Balaban J connectivity index is 2.45. The van der Waals surface area contributed by atoms with Crippen LogP contribution in [0.4, 0.5) is 0 Å². The van der Waals surface area contributed by atoms with Crippen LogP contribution in [0.25, 0.3) is 11.3 Å². The third kappa shape index (κ3) is 1.82. The highest BCUT2D eigenvalue weighted by Gasteiger charge is 2.07. The quantitative estimate of drug-likeness (QED) is 0.854. The zero-order valence-electron chi connectivity index (χ0n) is 9.60. The molecule has 0 amide bonds. The molecular weight excluding hydrogens is 200 g/mol. The molecule has 3 heteroatoms. The van der Waals surface area contributed by atoms with E-state index in [0.717, 1.165) is 16.9 Å². The topological polar surface area (TPSA) is 40.2 Å². The number of benzene rings is 1. The first kappa shape index (κ1) is 10.8. The average Bonchev–Trinajstić information content (AvgIpc) is 2.70. The molecule has 1 aromatic heterocycles. The molecule has 1 aromatic carbocycles. The van der Waals surface area contributed by atoms with Crippen LogP contribution in [0.5, 0.6) is 5.75 Å². The Hall–Kier alpha value is -1.74. The number of ether oxygens (including phenoxy) is 1. The van der Waals surface area contributed by atoms with Crippen LogP contribution in [-0.2, 0) is 13.6 Å². The van der Waals surface area contributed by atoms with Crippen LogP contribution in [0.15, 0.2) is 36.5 Å². The van der Waals surface area contributed by atoms with E-state index in [1.807, 2.05) is 37.5 Å². The molecule has 0 saturated carbocycles. The lowest BCUT2D eigenvalue weighted by molar-refractivity contribution is 0.415. The highest BCUT2D eigenvalue weighted by molar-refractivity contribution is 5.65. The fourth-order valence-electron chi connectivity index (χ4n) is 1.88. The summed E-state index contributed by atoms with van der Waals surface area (Å²) in [4.78, 5) is 0. The molecule has 0 atom stereocenters. The molecule has 3 nitrogen and oxygen atoms in total. The molecule has 2 rings (SSSR count). The minimum atomic E-state index is 0.558. The Labute approximate surface area is 95.5 Å². The molecule has 0 unspecified atom stereocenters. The smallest absolute Gasteiger partial charge is 0.118 e. The normalized spacial score (nSPS) is 10.4. The molecule has 0 fully saturated rings. The summed E-state index contributed by atoms with van der Waals surface area (Å²) in [6.45, 7) is 0.558. The molecule has 0 aliphatic rings. The molecule has 0 aliphatic heterocycles. The molecule has 2 N–H and O–H groups in total. The van der Waals surface area contributed by atoms with Gasteiger partial charge in [0.15, 0.2) is 0 Å². The predicted octanol–water partition coefficient (Wildman–Crippen LogP) is 2.16. The molecule has 0 spiro atoms. The van der Waals surface area contributed by atoms with Crippen molar-refractivity contribution in [3.8, 4) is 17.0 Å². The van der Waals surface area contributed by atoms with Gasteiger partial charge in [0.1, 0.15) is 5.75 Å². The van der Waals surface area contributed by atoms with Crippen molar-refractivity contribution in [1.29, 1.82) is 0 Å². The van der Waals surface area contributed by atoms with E-state index in [9.17, 15) is 0 Å². The first-order valence-electron chi connectivity index (χ1n) is 5.25. The Bertz CT molecular complexity index is 471. The van der Waals surface area contributed by atoms with E-state index in [1.54, 1.807) is 7.11 Å². The Kier molecular flexibility index (Phi) is 2.97. The van der Waals surface area contributed by atoms with Gasteiger partial charge in [0.25, 0.3) is 0 Å². The largest absolute Gasteiger partial charge is 0.497 e. The van der Waals surface area contributed by atoms with Gasteiger partial charge in [-0.05, 0) is 41.5 Å². The van der Waals surface area contributed by atoms with E-state index < -0.39 is 0 Å². The summed E-state index contributed by atoms with van der Waals surface area (Å²) in [5, 5.41) is 0. The maximum Gasteiger partial charge on any atom is 0.118 e. The number of hydrogen-bond donors (Lipinski definition) is 1. The summed E-state index contributed by atoms with van der Waals surface area (Å²) in [5.41, 5.74) is 9.21. The number of methoxy groups -OCH3 is 1. The van der Waals surface area contributed by atoms with Gasteiger partial charge >= 0.3 is 0 Å². The summed E-state index contributed by atoms with van der Waals surface area (Å²) in [6, 6.07) is 10.1. The van der Waals surface area contributed by atoms with Crippen LogP contribution >= 0.6 is 0 Å². The van der Waals surface area contributed by atoms with Crippen LogP contribution in [0.2, 0.25) is 0 Å². The van der Waals surface area contributed by atoms with Crippen molar-refractivity contribution >= 4 is 0 Å². The minimum absolute atomic E-state index is 0.558. The molecule has 0 bridgehead atoms. The fraction of sp³-hybridized carbons (Fsp3) is 0.231. The van der Waals surface area contributed by atoms with Crippen LogP contribution in [0.3, 0.4) is 0 Å². The highest BCUT2D eigenvalue weighted by Crippen LogP contribution is 2.25. The van der Waals surface area contributed by atoms with Crippen LogP contribution in [0.1, 0.15) is 5.56 Å². The van der Waals surface area contributed by atoms with Gasteiger partial charge in [0.2, 0.25) is 0 Å². The number of hydrogen-bond acceptors (Lipinski definition) is 2. The van der Waals surface area contributed by atoms with Gasteiger partial charge in [0, 0.05) is 19.8 Å². The van der Waals surface area contributed by atoms with Gasteiger partial charge in [-0.15, -0.1) is 0 Å². The SMILES string of the molecule is COc1ccc(-c2c(CN)ccn2C)cc1. The van der Waals surface area contributed by atoms with Gasteiger partial charge in [-0.1, -0.05) is 0 Å². The number of aromatic nitrogens is 1. The molecule has 16 heavy (non-hydrogen) atoms. The Morgan fingerprint density at radius 3 is 2.44 bits per heavy atom. The third-order valence-electron chi connectivity index (χ3n) is 2.74. The molecule has 0 saturated heterocycles. The summed E-state index contributed by atoms with van der Waals surface area (Å²) in [5.74, 6) is 0.868.